The molecule has 2 aromatic rings. The lowest BCUT2D eigenvalue weighted by atomic mass is 9.98. The second-order valence-corrected chi connectivity index (χ2v) is 5.28. The van der Waals surface area contributed by atoms with E-state index >= 15 is 0 Å². The van der Waals surface area contributed by atoms with Crippen LogP contribution in [0.3, 0.4) is 0 Å². The van der Waals surface area contributed by atoms with Crippen molar-refractivity contribution in [1.29, 1.82) is 5.26 Å². The van der Waals surface area contributed by atoms with Gasteiger partial charge in [-0.2, -0.15) is 5.26 Å². The number of benzene rings is 2. The van der Waals surface area contributed by atoms with Crippen molar-refractivity contribution < 1.29 is 14.3 Å². The normalized spacial score (nSPS) is 16.0. The minimum atomic E-state index is -0.837. The first-order chi connectivity index (χ1) is 11.2. The maximum Gasteiger partial charge on any atom is 0.339 e. The number of ether oxygens (including phenoxy) is 1. The van der Waals surface area contributed by atoms with E-state index in [1.54, 1.807) is 36.4 Å². The molecule has 0 fully saturated rings. The van der Waals surface area contributed by atoms with Gasteiger partial charge in [-0.15, -0.1) is 0 Å². The molecule has 0 radical (unpaired) electrons. The summed E-state index contributed by atoms with van der Waals surface area (Å²) in [7, 11) is 0. The molecule has 0 spiro atoms. The number of amides is 1. The summed E-state index contributed by atoms with van der Waals surface area (Å²) in [4.78, 5) is 24.2. The maximum absolute atomic E-state index is 12.3. The van der Waals surface area contributed by atoms with E-state index in [-0.39, 0.29) is 5.91 Å². The van der Waals surface area contributed by atoms with Gasteiger partial charge in [-0.3, -0.25) is 4.79 Å². The lowest BCUT2D eigenvalue weighted by molar-refractivity contribution is -0.125. The summed E-state index contributed by atoms with van der Waals surface area (Å²) in [5.74, 6) is -0.836. The van der Waals surface area contributed by atoms with Crippen LogP contribution >= 0.6 is 0 Å². The summed E-state index contributed by atoms with van der Waals surface area (Å²) < 4.78 is 5.22. The minimum Gasteiger partial charge on any atom is -0.448 e. The molecular formula is C18H14N2O3. The van der Waals surface area contributed by atoms with Crippen LogP contribution < -0.4 is 5.32 Å². The summed E-state index contributed by atoms with van der Waals surface area (Å²) in [6, 6.07) is 16.2. The molecule has 0 aromatic heterocycles. The number of hydrogen-bond donors (Lipinski definition) is 1. The summed E-state index contributed by atoms with van der Waals surface area (Å²) in [5, 5.41) is 11.4. The van der Waals surface area contributed by atoms with Crippen molar-refractivity contribution in [2.75, 3.05) is 5.32 Å². The van der Waals surface area contributed by atoms with E-state index in [0.29, 0.717) is 24.1 Å². The lowest BCUT2D eigenvalue weighted by Gasteiger charge is -2.23. The smallest absolute Gasteiger partial charge is 0.339 e. The van der Waals surface area contributed by atoms with Crippen LogP contribution in [-0.2, 0) is 22.4 Å². The Labute approximate surface area is 133 Å². The maximum atomic E-state index is 12.3. The Balaban J connectivity index is 1.70. The molecule has 3 rings (SSSR count). The van der Waals surface area contributed by atoms with E-state index in [4.69, 9.17) is 10.00 Å². The zero-order valence-electron chi connectivity index (χ0n) is 12.3. The van der Waals surface area contributed by atoms with E-state index in [1.807, 2.05) is 12.1 Å². The molecule has 0 saturated heterocycles. The molecule has 114 valence electrons. The molecule has 1 aliphatic heterocycles. The monoisotopic (exact) mass is 306 g/mol. The molecule has 23 heavy (non-hydrogen) atoms. The highest BCUT2D eigenvalue weighted by Gasteiger charge is 2.30. The van der Waals surface area contributed by atoms with Crippen LogP contribution in [0.1, 0.15) is 21.5 Å². The van der Waals surface area contributed by atoms with Crippen LogP contribution in [0.15, 0.2) is 48.5 Å². The van der Waals surface area contributed by atoms with E-state index in [9.17, 15) is 9.59 Å². The number of rotatable bonds is 3. The number of anilines is 1. The van der Waals surface area contributed by atoms with Gasteiger partial charge in [0.25, 0.3) is 5.91 Å². The number of hydrogen-bond acceptors (Lipinski definition) is 4. The number of carbonyl (C=O) groups is 2. The number of nitrogens with one attached hydrogen (secondary N) is 1. The highest BCUT2D eigenvalue weighted by atomic mass is 16.5. The predicted octanol–water partition coefficient (Wildman–Crippen LogP) is 2.47. The van der Waals surface area contributed by atoms with Gasteiger partial charge in [0.15, 0.2) is 6.10 Å². The van der Waals surface area contributed by atoms with Gasteiger partial charge in [0.2, 0.25) is 0 Å². The molecular weight excluding hydrogens is 292 g/mol. The number of carbonyl (C=O) groups excluding carboxylic acids is 2. The van der Waals surface area contributed by atoms with Crippen molar-refractivity contribution in [2.45, 2.75) is 18.9 Å². The summed E-state index contributed by atoms with van der Waals surface area (Å²) in [6.45, 7) is 0. The molecule has 1 atom stereocenters. The fourth-order valence-electron chi connectivity index (χ4n) is 2.50. The molecule has 1 N–H and O–H groups in total. The van der Waals surface area contributed by atoms with Crippen LogP contribution in [0.4, 0.5) is 5.69 Å². The number of nitrogens with zero attached hydrogens (tertiary/aromatic N) is 1. The van der Waals surface area contributed by atoms with Crippen molar-refractivity contribution in [3.8, 4) is 6.07 Å². The van der Waals surface area contributed by atoms with Gasteiger partial charge in [-0.25, -0.2) is 4.79 Å². The largest absolute Gasteiger partial charge is 0.448 e. The average Bonchev–Trinajstić information content (AvgIpc) is 2.57. The van der Waals surface area contributed by atoms with E-state index < -0.39 is 12.1 Å². The zero-order valence-corrected chi connectivity index (χ0v) is 12.3. The highest BCUT2D eigenvalue weighted by molar-refractivity contribution is 6.00. The van der Waals surface area contributed by atoms with Crippen LogP contribution in [0, 0.1) is 11.3 Å². The molecule has 0 saturated carbocycles. The van der Waals surface area contributed by atoms with Crippen molar-refractivity contribution >= 4 is 17.6 Å². The second kappa shape index (κ2) is 6.32. The van der Waals surface area contributed by atoms with E-state index in [2.05, 4.69) is 11.4 Å². The number of nitriles is 1. The number of esters is 1. The highest BCUT2D eigenvalue weighted by Crippen LogP contribution is 2.21. The molecule has 2 aromatic carbocycles. The summed E-state index contributed by atoms with van der Waals surface area (Å²) in [5.41, 5.74) is 2.81. The van der Waals surface area contributed by atoms with Crippen LogP contribution in [-0.4, -0.2) is 18.0 Å². The van der Waals surface area contributed by atoms with Crippen molar-refractivity contribution in [1.82, 2.24) is 0 Å². The van der Waals surface area contributed by atoms with Crippen LogP contribution in [0.25, 0.3) is 0 Å². The molecule has 1 amide bonds. The Morgan fingerprint density at radius 2 is 1.96 bits per heavy atom. The third kappa shape index (κ3) is 3.22. The molecule has 1 heterocycles. The van der Waals surface area contributed by atoms with Crippen molar-refractivity contribution in [2.24, 2.45) is 0 Å². The Hall–Kier alpha value is -3.13. The third-order valence-corrected chi connectivity index (χ3v) is 3.69. The second-order valence-electron chi connectivity index (χ2n) is 5.28. The van der Waals surface area contributed by atoms with Crippen LogP contribution in [0.5, 0.6) is 0 Å². The Morgan fingerprint density at radius 1 is 1.22 bits per heavy atom. The topological polar surface area (TPSA) is 79.2 Å². The lowest BCUT2D eigenvalue weighted by Crippen LogP contribution is -2.37. The standard InChI is InChI=1S/C18H14N2O3/c19-10-9-12-5-7-14(8-6-12)20-17(21)16-11-13-3-1-2-4-15(13)18(22)23-16/h1-8,16H,9,11H2,(H,20,21). The number of cyclic esters (lactones) is 1. The van der Waals surface area contributed by atoms with Gasteiger partial charge >= 0.3 is 5.97 Å². The predicted molar refractivity (Wildman–Crippen MR) is 83.7 cm³/mol. The van der Waals surface area contributed by atoms with Crippen LogP contribution in [0.2, 0.25) is 0 Å². The van der Waals surface area contributed by atoms with Gasteiger partial charge < -0.3 is 10.1 Å². The SMILES string of the molecule is N#CCc1ccc(NC(=O)C2Cc3ccccc3C(=O)O2)cc1. The first kappa shape index (κ1) is 14.8. The van der Waals surface area contributed by atoms with Gasteiger partial charge in [0.05, 0.1) is 18.1 Å². The van der Waals surface area contributed by atoms with Crippen molar-refractivity contribution in [3.05, 3.63) is 65.2 Å². The Bertz CT molecular complexity index is 791. The molecule has 5 heteroatoms. The van der Waals surface area contributed by atoms with Gasteiger partial charge in [-0.05, 0) is 29.3 Å². The molecule has 5 nitrogen and oxygen atoms in total. The van der Waals surface area contributed by atoms with Crippen molar-refractivity contribution in [3.63, 3.8) is 0 Å². The first-order valence-corrected chi connectivity index (χ1v) is 7.23. The summed E-state index contributed by atoms with van der Waals surface area (Å²) in [6.07, 6.45) is -0.151. The Kier molecular flexibility index (Phi) is 4.07. The molecule has 1 unspecified atom stereocenters. The number of fused-ring (bicyclic) bond motifs is 1. The first-order valence-electron chi connectivity index (χ1n) is 7.23. The summed E-state index contributed by atoms with van der Waals surface area (Å²) >= 11 is 0. The zero-order chi connectivity index (χ0) is 16.2. The van der Waals surface area contributed by atoms with Gasteiger partial charge in [0.1, 0.15) is 0 Å². The quantitative estimate of drug-likeness (QED) is 0.883. The molecule has 1 aliphatic rings. The fraction of sp³-hybridized carbons (Fsp3) is 0.167. The molecule has 0 aliphatic carbocycles. The van der Waals surface area contributed by atoms with E-state index in [1.165, 1.54) is 0 Å². The molecule has 0 bridgehead atoms. The third-order valence-electron chi connectivity index (χ3n) is 3.69. The van der Waals surface area contributed by atoms with E-state index in [0.717, 1.165) is 11.1 Å². The van der Waals surface area contributed by atoms with Gasteiger partial charge in [-0.1, -0.05) is 30.3 Å². The Morgan fingerprint density at radius 3 is 2.70 bits per heavy atom. The van der Waals surface area contributed by atoms with Gasteiger partial charge in [0, 0.05) is 12.1 Å². The average molecular weight is 306 g/mol. The fourth-order valence-corrected chi connectivity index (χ4v) is 2.50. The minimum absolute atomic E-state index is 0.325.